The fraction of sp³-hybridized carbons (Fsp3) is 0.300. The van der Waals surface area contributed by atoms with E-state index in [0.29, 0.717) is 18.3 Å². The van der Waals surface area contributed by atoms with Crippen LogP contribution < -0.4 is 9.39 Å². The van der Waals surface area contributed by atoms with E-state index in [1.54, 1.807) is 0 Å². The number of rotatable bonds is 2. The van der Waals surface area contributed by atoms with Crippen LogP contribution in [0.5, 0.6) is 11.5 Å². The third kappa shape index (κ3) is 1.93. The Balaban J connectivity index is 2.66. The molecule has 0 radical (unpaired) electrons. The Bertz CT molecular complexity index is 476. The Morgan fingerprint density at radius 1 is 1.65 bits per heavy atom. The van der Waals surface area contributed by atoms with Crippen molar-refractivity contribution in [1.29, 1.82) is 0 Å². The highest BCUT2D eigenvalue weighted by atomic mass is 19.1. The monoisotopic (exact) mass is 240 g/mol. The van der Waals surface area contributed by atoms with Crippen molar-refractivity contribution in [3.05, 3.63) is 23.0 Å². The highest BCUT2D eigenvalue weighted by Crippen LogP contribution is 2.38. The van der Waals surface area contributed by atoms with Gasteiger partial charge < -0.3 is 19.5 Å². The Morgan fingerprint density at radius 2 is 2.35 bits per heavy atom. The summed E-state index contributed by atoms with van der Waals surface area (Å²) in [6.07, 6.45) is 0.662. The molecule has 0 atom stereocenters. The molecule has 0 aliphatic carbocycles. The summed E-state index contributed by atoms with van der Waals surface area (Å²) in [4.78, 5) is 11.1. The third-order valence-electron chi connectivity index (χ3n) is 2.60. The van der Waals surface area contributed by atoms with E-state index in [1.807, 2.05) is 0 Å². The van der Waals surface area contributed by atoms with Crippen LogP contribution >= 0.6 is 0 Å². The number of carboxylic acid groups (broad SMARTS) is 1. The quantitative estimate of drug-likeness (QED) is 0.752. The van der Waals surface area contributed by atoms with Gasteiger partial charge in [0.15, 0.2) is 11.6 Å². The molecular weight excluding hydrogens is 230 g/mol. The molecule has 0 amide bonds. The van der Waals surface area contributed by atoms with Gasteiger partial charge in [-0.3, -0.25) is 0 Å². The van der Waals surface area contributed by atoms with E-state index in [1.165, 1.54) is 13.2 Å². The lowest BCUT2D eigenvalue weighted by molar-refractivity contribution is 0.0689. The van der Waals surface area contributed by atoms with Crippen LogP contribution in [0.2, 0.25) is 6.32 Å². The second-order valence-electron chi connectivity index (χ2n) is 3.67. The fourth-order valence-corrected chi connectivity index (χ4v) is 1.86. The van der Waals surface area contributed by atoms with Gasteiger partial charge in [0, 0.05) is 0 Å². The molecule has 1 aliphatic heterocycles. The maximum Gasteiger partial charge on any atom is 0.522 e. The van der Waals surface area contributed by atoms with E-state index in [2.05, 4.69) is 0 Å². The number of carboxylic acids is 1. The van der Waals surface area contributed by atoms with Crippen LogP contribution in [0, 0.1) is 5.82 Å². The van der Waals surface area contributed by atoms with Crippen LogP contribution in [-0.4, -0.2) is 30.3 Å². The van der Waals surface area contributed by atoms with Gasteiger partial charge in [-0.15, -0.1) is 0 Å². The molecular formula is C10H10BFO5. The second-order valence-corrected chi connectivity index (χ2v) is 3.67. The van der Waals surface area contributed by atoms with Gasteiger partial charge in [0.1, 0.15) is 11.3 Å². The van der Waals surface area contributed by atoms with E-state index in [4.69, 9.17) is 14.5 Å². The van der Waals surface area contributed by atoms with Crippen molar-refractivity contribution in [3.8, 4) is 11.5 Å². The lowest BCUT2D eigenvalue weighted by Gasteiger charge is -2.22. The number of fused-ring (bicyclic) bond motifs is 1. The van der Waals surface area contributed by atoms with Crippen LogP contribution in [0.25, 0.3) is 0 Å². The Labute approximate surface area is 96.9 Å². The largest absolute Gasteiger partial charge is 0.535 e. The van der Waals surface area contributed by atoms with Crippen molar-refractivity contribution < 1.29 is 28.7 Å². The average Bonchev–Trinajstić information content (AvgIpc) is 2.27. The van der Waals surface area contributed by atoms with E-state index in [9.17, 15) is 14.2 Å². The highest BCUT2D eigenvalue weighted by molar-refractivity contribution is 6.44. The SMILES string of the molecule is COc1c(F)cc2c(c1C(=O)O)OB(O)CC2. The molecule has 0 bridgehead atoms. The van der Waals surface area contributed by atoms with E-state index < -0.39 is 18.9 Å². The number of aromatic carboxylic acids is 1. The molecule has 1 aromatic rings. The molecule has 7 heteroatoms. The van der Waals surface area contributed by atoms with Crippen molar-refractivity contribution in [2.24, 2.45) is 0 Å². The molecule has 1 heterocycles. The van der Waals surface area contributed by atoms with Gasteiger partial charge >= 0.3 is 13.1 Å². The summed E-state index contributed by atoms with van der Waals surface area (Å²) in [5, 5.41) is 18.4. The number of hydrogen-bond donors (Lipinski definition) is 2. The average molecular weight is 240 g/mol. The van der Waals surface area contributed by atoms with Gasteiger partial charge in [0.2, 0.25) is 0 Å². The van der Waals surface area contributed by atoms with Crippen molar-refractivity contribution in [1.82, 2.24) is 0 Å². The zero-order chi connectivity index (χ0) is 12.6. The van der Waals surface area contributed by atoms with Gasteiger partial charge in [-0.2, -0.15) is 0 Å². The maximum absolute atomic E-state index is 13.6. The Hall–Kier alpha value is -1.76. The lowest BCUT2D eigenvalue weighted by Crippen LogP contribution is -2.28. The molecule has 0 unspecified atom stereocenters. The van der Waals surface area contributed by atoms with E-state index in [0.717, 1.165) is 0 Å². The summed E-state index contributed by atoms with van der Waals surface area (Å²) in [6.45, 7) is 0. The summed E-state index contributed by atoms with van der Waals surface area (Å²) in [5.41, 5.74) is 0.0345. The van der Waals surface area contributed by atoms with Gasteiger partial charge in [0.05, 0.1) is 7.11 Å². The number of carbonyl (C=O) groups is 1. The van der Waals surface area contributed by atoms with Crippen LogP contribution in [0.3, 0.4) is 0 Å². The number of halogens is 1. The molecule has 90 valence electrons. The minimum atomic E-state index is -1.35. The first-order valence-electron chi connectivity index (χ1n) is 5.02. The number of aryl methyl sites for hydroxylation is 1. The smallest absolute Gasteiger partial charge is 0.522 e. The summed E-state index contributed by atoms with van der Waals surface area (Å²) in [6, 6.07) is 1.17. The molecule has 0 saturated heterocycles. The van der Waals surface area contributed by atoms with Gasteiger partial charge in [0.25, 0.3) is 0 Å². The number of ether oxygens (including phenoxy) is 1. The van der Waals surface area contributed by atoms with Crippen LogP contribution in [-0.2, 0) is 6.42 Å². The molecule has 5 nitrogen and oxygen atoms in total. The molecule has 0 aromatic heterocycles. The molecule has 0 spiro atoms. The van der Waals surface area contributed by atoms with Crippen molar-refractivity contribution in [2.45, 2.75) is 12.7 Å². The predicted molar refractivity (Wildman–Crippen MR) is 57.0 cm³/mol. The van der Waals surface area contributed by atoms with Crippen molar-refractivity contribution in [3.63, 3.8) is 0 Å². The molecule has 17 heavy (non-hydrogen) atoms. The van der Waals surface area contributed by atoms with Crippen molar-refractivity contribution in [2.75, 3.05) is 7.11 Å². The summed E-state index contributed by atoms with van der Waals surface area (Å²) in [7, 11) is 0.104. The predicted octanol–water partition coefficient (Wildman–Crippen LogP) is 0.948. The van der Waals surface area contributed by atoms with Gasteiger partial charge in [-0.05, 0) is 24.4 Å². The molecule has 0 saturated carbocycles. The minimum absolute atomic E-state index is 0.0190. The number of hydrogen-bond acceptors (Lipinski definition) is 4. The maximum atomic E-state index is 13.6. The number of benzene rings is 1. The van der Waals surface area contributed by atoms with Gasteiger partial charge in [-0.1, -0.05) is 0 Å². The zero-order valence-electron chi connectivity index (χ0n) is 9.07. The van der Waals surface area contributed by atoms with Gasteiger partial charge in [-0.25, -0.2) is 9.18 Å². The normalized spacial score (nSPS) is 13.9. The van der Waals surface area contributed by atoms with Crippen LogP contribution in [0.4, 0.5) is 4.39 Å². The zero-order valence-corrected chi connectivity index (χ0v) is 9.07. The standard InChI is InChI=1S/C10H10BFO5/c1-16-9-6(12)4-5-2-3-11(15)17-8(5)7(9)10(13)14/h4,15H,2-3H2,1H3,(H,13,14). The number of methoxy groups -OCH3 is 1. The first-order valence-corrected chi connectivity index (χ1v) is 5.02. The van der Waals surface area contributed by atoms with Crippen molar-refractivity contribution >= 4 is 13.1 Å². The van der Waals surface area contributed by atoms with Crippen LogP contribution in [0.1, 0.15) is 15.9 Å². The summed E-state index contributed by atoms with van der Waals surface area (Å²) in [5.74, 6) is -2.50. The first-order chi connectivity index (χ1) is 8.04. The second kappa shape index (κ2) is 4.25. The van der Waals surface area contributed by atoms with Crippen LogP contribution in [0.15, 0.2) is 6.07 Å². The topological polar surface area (TPSA) is 76.0 Å². The van der Waals surface area contributed by atoms with E-state index in [-0.39, 0.29) is 17.1 Å². The molecule has 0 fully saturated rings. The third-order valence-corrected chi connectivity index (χ3v) is 2.60. The minimum Gasteiger partial charge on any atom is -0.535 e. The lowest BCUT2D eigenvalue weighted by atomic mass is 9.78. The molecule has 1 aliphatic rings. The summed E-state index contributed by atoms with van der Waals surface area (Å²) >= 11 is 0. The Morgan fingerprint density at radius 3 is 2.94 bits per heavy atom. The fourth-order valence-electron chi connectivity index (χ4n) is 1.86. The van der Waals surface area contributed by atoms with E-state index >= 15 is 0 Å². The summed E-state index contributed by atoms with van der Waals surface area (Å²) < 4.78 is 23.4. The first kappa shape index (κ1) is 11.7. The Kier molecular flexibility index (Phi) is 2.93. The highest BCUT2D eigenvalue weighted by Gasteiger charge is 2.32. The molecule has 1 aromatic carbocycles. The molecule has 2 rings (SSSR count). The molecule has 2 N–H and O–H groups in total.